The van der Waals surface area contributed by atoms with Crippen molar-refractivity contribution in [3.8, 4) is 5.75 Å². The summed E-state index contributed by atoms with van der Waals surface area (Å²) < 4.78 is 7.70. The van der Waals surface area contributed by atoms with Crippen molar-refractivity contribution in [3.63, 3.8) is 0 Å². The third-order valence-electron chi connectivity index (χ3n) is 4.15. The van der Waals surface area contributed by atoms with E-state index in [0.717, 1.165) is 39.6 Å². The minimum atomic E-state index is -0.0684. The molecule has 1 aromatic heterocycles. The minimum absolute atomic E-state index is 0.0684. The number of hydrogen-bond acceptors (Lipinski definition) is 4. The number of aryl methyl sites for hydroxylation is 1. The number of imidazole rings is 1. The van der Waals surface area contributed by atoms with Crippen LogP contribution in [0.25, 0.3) is 11.0 Å². The van der Waals surface area contributed by atoms with Gasteiger partial charge in [-0.15, -0.1) is 0 Å². The van der Waals surface area contributed by atoms with Gasteiger partial charge >= 0.3 is 0 Å². The molecule has 27 heavy (non-hydrogen) atoms. The van der Waals surface area contributed by atoms with E-state index >= 15 is 0 Å². The molecule has 0 saturated heterocycles. The van der Waals surface area contributed by atoms with Crippen LogP contribution in [0.5, 0.6) is 5.75 Å². The number of rotatable bonds is 7. The lowest BCUT2D eigenvalue weighted by Crippen LogP contribution is -2.20. The zero-order valence-corrected chi connectivity index (χ0v) is 17.0. The Morgan fingerprint density at radius 3 is 2.74 bits per heavy atom. The summed E-state index contributed by atoms with van der Waals surface area (Å²) in [5, 5.41) is 3.01. The summed E-state index contributed by atoms with van der Waals surface area (Å²) in [5.41, 5.74) is 3.67. The first kappa shape index (κ1) is 19.3. The Bertz CT molecular complexity index is 950. The molecular weight excluding hydrogens is 358 g/mol. The number of nitrogens with zero attached hydrogens (tertiary/aromatic N) is 2. The summed E-state index contributed by atoms with van der Waals surface area (Å²) in [6, 6.07) is 13.6. The van der Waals surface area contributed by atoms with Gasteiger partial charge in [-0.05, 0) is 62.9 Å². The van der Waals surface area contributed by atoms with Gasteiger partial charge in [-0.25, -0.2) is 4.98 Å². The highest BCUT2D eigenvalue weighted by atomic mass is 32.2. The number of hydrogen-bond donors (Lipinski definition) is 1. The van der Waals surface area contributed by atoms with E-state index in [-0.39, 0.29) is 18.6 Å². The molecule has 0 unspecified atom stereocenters. The monoisotopic (exact) mass is 383 g/mol. The number of thioether (sulfide) groups is 1. The first-order valence-corrected chi connectivity index (χ1v) is 10.4. The zero-order chi connectivity index (χ0) is 19.4. The molecule has 2 aromatic carbocycles. The van der Waals surface area contributed by atoms with Gasteiger partial charge in [0.05, 0.1) is 22.9 Å². The number of amides is 1. The molecule has 0 bridgehead atoms. The number of ether oxygens (including phenoxy) is 1. The molecule has 5 nitrogen and oxygen atoms in total. The van der Waals surface area contributed by atoms with Crippen molar-refractivity contribution >= 4 is 34.4 Å². The Balaban J connectivity index is 1.78. The van der Waals surface area contributed by atoms with Gasteiger partial charge in [0, 0.05) is 5.69 Å². The molecule has 1 N–H and O–H groups in total. The maximum absolute atomic E-state index is 12.7. The van der Waals surface area contributed by atoms with Crippen molar-refractivity contribution < 1.29 is 9.53 Å². The van der Waals surface area contributed by atoms with Crippen molar-refractivity contribution in [2.24, 2.45) is 0 Å². The van der Waals surface area contributed by atoms with Gasteiger partial charge in [0.25, 0.3) is 0 Å². The summed E-state index contributed by atoms with van der Waals surface area (Å²) in [6.45, 7) is 6.19. The molecule has 3 rings (SSSR count). The molecule has 3 aromatic rings. The van der Waals surface area contributed by atoms with Crippen LogP contribution in [0.2, 0.25) is 0 Å². The van der Waals surface area contributed by atoms with Crippen molar-refractivity contribution in [2.45, 2.75) is 39.2 Å². The molecule has 0 radical (unpaired) electrons. The van der Waals surface area contributed by atoms with E-state index in [0.29, 0.717) is 0 Å². The Hall–Kier alpha value is -2.47. The molecular formula is C21H25N3O2S. The van der Waals surface area contributed by atoms with Crippen LogP contribution in [0, 0.1) is 6.92 Å². The Morgan fingerprint density at radius 2 is 2.04 bits per heavy atom. The first-order valence-electron chi connectivity index (χ1n) is 8.98. The quantitative estimate of drug-likeness (QED) is 0.646. The summed E-state index contributed by atoms with van der Waals surface area (Å²) >= 11 is 1.70. The second-order valence-electron chi connectivity index (χ2n) is 6.73. The molecule has 142 valence electrons. The molecule has 0 saturated carbocycles. The maximum Gasteiger partial charge on any atom is 0.244 e. The van der Waals surface area contributed by atoms with Crippen molar-refractivity contribution in [1.29, 1.82) is 0 Å². The molecule has 1 amide bonds. The van der Waals surface area contributed by atoms with E-state index in [2.05, 4.69) is 10.3 Å². The average molecular weight is 384 g/mol. The lowest BCUT2D eigenvalue weighted by atomic mass is 10.2. The predicted octanol–water partition coefficient (Wildman–Crippen LogP) is 4.63. The van der Waals surface area contributed by atoms with Crippen LogP contribution in [0.15, 0.2) is 42.5 Å². The normalized spacial score (nSPS) is 11.1. The SMILES string of the molecule is CSCc1nc2ccccc2n1CC(=O)Nc1ccc(OC(C)C)cc1C. The molecule has 0 atom stereocenters. The molecule has 6 heteroatoms. The van der Waals surface area contributed by atoms with Gasteiger partial charge in [0.1, 0.15) is 18.1 Å². The fraction of sp³-hybridized carbons (Fsp3) is 0.333. The highest BCUT2D eigenvalue weighted by Gasteiger charge is 2.14. The fourth-order valence-electron chi connectivity index (χ4n) is 3.00. The van der Waals surface area contributed by atoms with Crippen molar-refractivity contribution in [1.82, 2.24) is 9.55 Å². The molecule has 0 aliphatic heterocycles. The second kappa shape index (κ2) is 8.48. The predicted molar refractivity (Wildman–Crippen MR) is 113 cm³/mol. The van der Waals surface area contributed by atoms with Gasteiger partial charge in [0.15, 0.2) is 0 Å². The smallest absolute Gasteiger partial charge is 0.244 e. The van der Waals surface area contributed by atoms with Gasteiger partial charge in [-0.3, -0.25) is 4.79 Å². The fourth-order valence-corrected chi connectivity index (χ4v) is 3.47. The summed E-state index contributed by atoms with van der Waals surface area (Å²) in [4.78, 5) is 17.4. The number of anilines is 1. The number of aromatic nitrogens is 2. The average Bonchev–Trinajstić information content (AvgIpc) is 2.95. The third-order valence-corrected chi connectivity index (χ3v) is 4.70. The second-order valence-corrected chi connectivity index (χ2v) is 7.59. The van der Waals surface area contributed by atoms with E-state index in [1.165, 1.54) is 0 Å². The summed E-state index contributed by atoms with van der Waals surface area (Å²) in [6.07, 6.45) is 2.16. The molecule has 1 heterocycles. The first-order chi connectivity index (χ1) is 13.0. The van der Waals surface area contributed by atoms with E-state index in [1.54, 1.807) is 11.8 Å². The van der Waals surface area contributed by atoms with Crippen molar-refractivity contribution in [3.05, 3.63) is 53.9 Å². The third kappa shape index (κ3) is 4.63. The minimum Gasteiger partial charge on any atom is -0.491 e. The van der Waals surface area contributed by atoms with E-state index < -0.39 is 0 Å². The zero-order valence-electron chi connectivity index (χ0n) is 16.2. The number of nitrogens with one attached hydrogen (secondary N) is 1. The lowest BCUT2D eigenvalue weighted by molar-refractivity contribution is -0.116. The van der Waals surface area contributed by atoms with Crippen LogP contribution in [-0.4, -0.2) is 27.8 Å². The van der Waals surface area contributed by atoms with Crippen LogP contribution < -0.4 is 10.1 Å². The van der Waals surface area contributed by atoms with E-state index in [4.69, 9.17) is 4.74 Å². The summed E-state index contributed by atoms with van der Waals surface area (Å²) in [5.74, 6) is 2.42. The summed E-state index contributed by atoms with van der Waals surface area (Å²) in [7, 11) is 0. The van der Waals surface area contributed by atoms with Crippen LogP contribution >= 0.6 is 11.8 Å². The number of benzene rings is 2. The highest BCUT2D eigenvalue weighted by Crippen LogP contribution is 2.23. The number of carbonyl (C=O) groups is 1. The Kier molecular flexibility index (Phi) is 6.06. The number of fused-ring (bicyclic) bond motifs is 1. The molecule has 0 fully saturated rings. The van der Waals surface area contributed by atoms with E-state index in [1.807, 2.05) is 74.1 Å². The number of para-hydroxylation sites is 2. The molecule has 0 spiro atoms. The van der Waals surface area contributed by atoms with Crippen molar-refractivity contribution in [2.75, 3.05) is 11.6 Å². The van der Waals surface area contributed by atoms with Gasteiger partial charge in [0.2, 0.25) is 5.91 Å². The largest absolute Gasteiger partial charge is 0.491 e. The van der Waals surface area contributed by atoms with Gasteiger partial charge in [-0.1, -0.05) is 12.1 Å². The van der Waals surface area contributed by atoms with Crippen LogP contribution in [0.3, 0.4) is 0 Å². The standard InChI is InChI=1S/C21H25N3O2S/c1-14(2)26-16-9-10-17(15(3)11-16)23-21(25)12-24-19-8-6-5-7-18(19)22-20(24)13-27-4/h5-11,14H,12-13H2,1-4H3,(H,23,25). The van der Waals surface area contributed by atoms with Crippen LogP contribution in [0.1, 0.15) is 25.2 Å². The van der Waals surface area contributed by atoms with Gasteiger partial charge in [-0.2, -0.15) is 11.8 Å². The van der Waals surface area contributed by atoms with Gasteiger partial charge < -0.3 is 14.6 Å². The molecule has 0 aliphatic carbocycles. The molecule has 0 aliphatic rings. The van der Waals surface area contributed by atoms with Crippen LogP contribution in [-0.2, 0) is 17.1 Å². The lowest BCUT2D eigenvalue weighted by Gasteiger charge is -2.14. The number of carbonyl (C=O) groups excluding carboxylic acids is 1. The Labute approximate surface area is 164 Å². The van der Waals surface area contributed by atoms with Crippen LogP contribution in [0.4, 0.5) is 5.69 Å². The Morgan fingerprint density at radius 1 is 1.26 bits per heavy atom. The maximum atomic E-state index is 12.7. The topological polar surface area (TPSA) is 56.2 Å². The van der Waals surface area contributed by atoms with E-state index in [9.17, 15) is 4.79 Å². The highest BCUT2D eigenvalue weighted by molar-refractivity contribution is 7.97.